The van der Waals surface area contributed by atoms with Gasteiger partial charge in [-0.05, 0) is 42.4 Å². The van der Waals surface area contributed by atoms with Crippen LogP contribution in [0.3, 0.4) is 0 Å². The lowest BCUT2D eigenvalue weighted by molar-refractivity contribution is 0.150. The molecule has 130 valence electrons. The predicted octanol–water partition coefficient (Wildman–Crippen LogP) is 2.99. The van der Waals surface area contributed by atoms with Crippen LogP contribution in [0, 0.1) is 11.7 Å². The molecule has 0 unspecified atom stereocenters. The molecular weight excluding hydrogens is 364 g/mol. The Labute approximate surface area is 152 Å². The fourth-order valence-corrected chi connectivity index (χ4v) is 3.10. The lowest BCUT2D eigenvalue weighted by Crippen LogP contribution is -2.15. The molecule has 0 aliphatic rings. The third kappa shape index (κ3) is 3.45. The monoisotopic (exact) mass is 378 g/mol. The van der Waals surface area contributed by atoms with Gasteiger partial charge in [0.05, 0.1) is 12.1 Å². The number of primary amides is 1. The van der Waals surface area contributed by atoms with Crippen LogP contribution in [0.15, 0.2) is 29.2 Å². The second-order valence-corrected chi connectivity index (χ2v) is 6.37. The van der Waals surface area contributed by atoms with Gasteiger partial charge in [-0.3, -0.25) is 9.78 Å². The summed E-state index contributed by atoms with van der Waals surface area (Å²) in [6.07, 6.45) is 0.896. The van der Waals surface area contributed by atoms with E-state index >= 15 is 0 Å². The van der Waals surface area contributed by atoms with E-state index in [1.807, 2.05) is 23.6 Å². The smallest absolute Gasteiger partial charge is 0.404 e. The summed E-state index contributed by atoms with van der Waals surface area (Å²) in [6.45, 7) is 2.31. The quantitative estimate of drug-likeness (QED) is 0.607. The Kier molecular flexibility index (Phi) is 4.65. The van der Waals surface area contributed by atoms with Crippen LogP contribution in [0.2, 0.25) is 5.02 Å². The number of aromatic amines is 2. The summed E-state index contributed by atoms with van der Waals surface area (Å²) in [6, 6.07) is 5.37. The highest BCUT2D eigenvalue weighted by molar-refractivity contribution is 7.71. The van der Waals surface area contributed by atoms with Crippen molar-refractivity contribution < 1.29 is 9.53 Å². The highest BCUT2D eigenvalue weighted by Crippen LogP contribution is 2.21. The molecule has 0 spiro atoms. The summed E-state index contributed by atoms with van der Waals surface area (Å²) in [5.41, 5.74) is 8.40. The molecule has 0 bridgehead atoms. The van der Waals surface area contributed by atoms with Crippen molar-refractivity contribution >= 4 is 40.9 Å². The van der Waals surface area contributed by atoms with Crippen LogP contribution in [0.4, 0.5) is 4.79 Å². The molecule has 0 saturated carbocycles. The minimum absolute atomic E-state index is 0.0162. The van der Waals surface area contributed by atoms with Crippen LogP contribution in [0.5, 0.6) is 0 Å². The Morgan fingerprint density at radius 3 is 2.92 bits per heavy atom. The van der Waals surface area contributed by atoms with E-state index in [4.69, 9.17) is 34.3 Å². The first kappa shape index (κ1) is 17.2. The van der Waals surface area contributed by atoms with Crippen molar-refractivity contribution in [1.82, 2.24) is 14.5 Å². The molecule has 0 radical (unpaired) electrons. The molecule has 0 aliphatic heterocycles. The van der Waals surface area contributed by atoms with E-state index in [-0.39, 0.29) is 12.2 Å². The number of aromatic nitrogens is 3. The molecule has 0 aliphatic carbocycles. The number of halogens is 1. The van der Waals surface area contributed by atoms with Crippen molar-refractivity contribution in [1.29, 1.82) is 0 Å². The molecule has 0 fully saturated rings. The van der Waals surface area contributed by atoms with E-state index in [9.17, 15) is 9.59 Å². The lowest BCUT2D eigenvalue weighted by atomic mass is 10.1. The van der Waals surface area contributed by atoms with Crippen LogP contribution in [0.1, 0.15) is 16.7 Å². The van der Waals surface area contributed by atoms with Crippen LogP contribution in [-0.2, 0) is 17.9 Å². The number of hydrogen-bond donors (Lipinski definition) is 3. The number of H-pyrrole nitrogens is 2. The predicted molar refractivity (Wildman–Crippen MR) is 97.4 cm³/mol. The van der Waals surface area contributed by atoms with Gasteiger partial charge in [0.25, 0.3) is 5.56 Å². The van der Waals surface area contributed by atoms with Crippen LogP contribution < -0.4 is 11.3 Å². The van der Waals surface area contributed by atoms with Gasteiger partial charge >= 0.3 is 6.09 Å². The van der Waals surface area contributed by atoms with E-state index in [2.05, 4.69) is 9.97 Å². The molecule has 25 heavy (non-hydrogen) atoms. The van der Waals surface area contributed by atoms with Gasteiger partial charge < -0.3 is 20.0 Å². The SMILES string of the molecule is Cc1c[nH]c2c(=O)[nH]c(=S)n(Cc3ccc(Cl)c(COC(N)=O)c3)c12. The molecule has 1 amide bonds. The van der Waals surface area contributed by atoms with E-state index in [0.717, 1.165) is 16.6 Å². The number of nitrogens with zero attached hydrogens (tertiary/aromatic N) is 1. The van der Waals surface area contributed by atoms with Gasteiger partial charge in [-0.1, -0.05) is 17.7 Å². The highest BCUT2D eigenvalue weighted by Gasteiger charge is 2.11. The molecule has 2 heterocycles. The number of fused-ring (bicyclic) bond motifs is 1. The number of amides is 1. The average Bonchev–Trinajstić information content (AvgIpc) is 2.94. The molecule has 2 aromatic heterocycles. The zero-order valence-corrected chi connectivity index (χ0v) is 14.8. The first-order valence-electron chi connectivity index (χ1n) is 7.37. The summed E-state index contributed by atoms with van der Waals surface area (Å²) in [4.78, 5) is 28.4. The number of nitrogens with one attached hydrogen (secondary N) is 2. The summed E-state index contributed by atoms with van der Waals surface area (Å²) < 4.78 is 6.96. The molecular formula is C16H15ClN4O3S. The Balaban J connectivity index is 2.04. The Bertz CT molecular complexity index is 1080. The van der Waals surface area contributed by atoms with E-state index < -0.39 is 6.09 Å². The Morgan fingerprint density at radius 1 is 1.44 bits per heavy atom. The number of hydrogen-bond acceptors (Lipinski definition) is 4. The van der Waals surface area contributed by atoms with Crippen molar-refractivity contribution in [2.45, 2.75) is 20.1 Å². The third-order valence-electron chi connectivity index (χ3n) is 3.83. The minimum atomic E-state index is -0.867. The lowest BCUT2D eigenvalue weighted by Gasteiger charge is -2.12. The summed E-state index contributed by atoms with van der Waals surface area (Å²) in [5.74, 6) is 0. The number of carbonyl (C=O) groups is 1. The standard InChI is InChI=1S/C16H15ClN4O3S/c1-8-5-19-12-13(8)21(16(25)20-14(12)22)6-9-2-3-11(17)10(4-9)7-24-15(18)23/h2-5,19H,6-7H2,1H3,(H2,18,23)(H,20,22,25). The van der Waals surface area contributed by atoms with Gasteiger partial charge in [0.15, 0.2) is 4.77 Å². The summed E-state index contributed by atoms with van der Waals surface area (Å²) in [5, 5.41) is 0.470. The van der Waals surface area contributed by atoms with E-state index in [0.29, 0.717) is 27.4 Å². The number of rotatable bonds is 4. The maximum Gasteiger partial charge on any atom is 0.404 e. The first-order chi connectivity index (χ1) is 11.9. The maximum atomic E-state index is 12.0. The maximum absolute atomic E-state index is 12.0. The number of carbonyl (C=O) groups excluding carboxylic acids is 1. The second kappa shape index (κ2) is 6.73. The molecule has 3 rings (SSSR count). The van der Waals surface area contributed by atoms with Gasteiger partial charge in [0.2, 0.25) is 0 Å². The molecule has 1 aromatic carbocycles. The molecule has 0 atom stereocenters. The summed E-state index contributed by atoms with van der Waals surface area (Å²) >= 11 is 11.4. The molecule has 9 heteroatoms. The normalized spacial score (nSPS) is 11.0. The van der Waals surface area contributed by atoms with Crippen LogP contribution in [-0.4, -0.2) is 20.6 Å². The van der Waals surface area contributed by atoms with Crippen LogP contribution >= 0.6 is 23.8 Å². The fourth-order valence-electron chi connectivity index (χ4n) is 2.68. The van der Waals surface area contributed by atoms with E-state index in [1.165, 1.54) is 0 Å². The number of ether oxygens (including phenoxy) is 1. The second-order valence-electron chi connectivity index (χ2n) is 5.57. The minimum Gasteiger partial charge on any atom is -0.445 e. The number of aryl methyl sites for hydroxylation is 1. The van der Waals surface area contributed by atoms with E-state index in [1.54, 1.807) is 12.3 Å². The Hall–Kier alpha value is -2.58. The Morgan fingerprint density at radius 2 is 2.20 bits per heavy atom. The summed E-state index contributed by atoms with van der Waals surface area (Å²) in [7, 11) is 0. The van der Waals surface area contributed by atoms with Crippen molar-refractivity contribution in [3.63, 3.8) is 0 Å². The molecule has 4 N–H and O–H groups in total. The van der Waals surface area contributed by atoms with Gasteiger partial charge in [-0.15, -0.1) is 0 Å². The number of nitrogens with two attached hydrogens (primary N) is 1. The first-order valence-corrected chi connectivity index (χ1v) is 8.15. The van der Waals surface area contributed by atoms with Crippen molar-refractivity contribution in [3.05, 3.63) is 61.2 Å². The molecule has 7 nitrogen and oxygen atoms in total. The van der Waals surface area contributed by atoms with Gasteiger partial charge in [-0.25, -0.2) is 4.79 Å². The fraction of sp³-hybridized carbons (Fsp3) is 0.188. The molecule has 0 saturated heterocycles. The largest absolute Gasteiger partial charge is 0.445 e. The van der Waals surface area contributed by atoms with Crippen molar-refractivity contribution in [3.8, 4) is 0 Å². The average molecular weight is 379 g/mol. The van der Waals surface area contributed by atoms with Gasteiger partial charge in [0.1, 0.15) is 12.1 Å². The number of benzene rings is 1. The van der Waals surface area contributed by atoms with Crippen LogP contribution in [0.25, 0.3) is 11.0 Å². The molecule has 3 aromatic rings. The van der Waals surface area contributed by atoms with Crippen molar-refractivity contribution in [2.75, 3.05) is 0 Å². The zero-order chi connectivity index (χ0) is 18.1. The van der Waals surface area contributed by atoms with Gasteiger partial charge in [0, 0.05) is 16.8 Å². The van der Waals surface area contributed by atoms with Crippen molar-refractivity contribution in [2.24, 2.45) is 5.73 Å². The highest BCUT2D eigenvalue weighted by atomic mass is 35.5. The van der Waals surface area contributed by atoms with Gasteiger partial charge in [-0.2, -0.15) is 0 Å². The topological polar surface area (TPSA) is 106 Å². The zero-order valence-electron chi connectivity index (χ0n) is 13.3. The third-order valence-corrected chi connectivity index (χ3v) is 4.52.